The van der Waals surface area contributed by atoms with Crippen LogP contribution in [0.2, 0.25) is 0 Å². The number of ether oxygens (including phenoxy) is 3. The number of methoxy groups -OCH3 is 3. The smallest absolute Gasteiger partial charge is 0.227 e. The molecule has 0 saturated heterocycles. The standard InChI is InChI=1S/C21H23N3O5/c1-26-16-12-18(28-3)17(27-2)11-15(16)13-22-19(25)9-10-20-23-21(24-29-20)14-7-5-4-6-8-14/h4-8,11-12H,9-10,13H2,1-3H3,(H,22,25). The number of aromatic nitrogens is 2. The number of nitrogens with zero attached hydrogens (tertiary/aromatic N) is 2. The van der Waals surface area contributed by atoms with Crippen molar-refractivity contribution in [2.45, 2.75) is 19.4 Å². The molecule has 0 atom stereocenters. The van der Waals surface area contributed by atoms with Crippen LogP contribution in [0.1, 0.15) is 17.9 Å². The van der Waals surface area contributed by atoms with Gasteiger partial charge in [0.1, 0.15) is 5.75 Å². The third kappa shape index (κ3) is 5.04. The van der Waals surface area contributed by atoms with Gasteiger partial charge in [0.05, 0.1) is 21.3 Å². The van der Waals surface area contributed by atoms with Gasteiger partial charge in [0, 0.05) is 36.6 Å². The van der Waals surface area contributed by atoms with Crippen LogP contribution < -0.4 is 19.5 Å². The van der Waals surface area contributed by atoms with Crippen molar-refractivity contribution in [2.75, 3.05) is 21.3 Å². The Morgan fingerprint density at radius 1 is 1.00 bits per heavy atom. The fourth-order valence-corrected chi connectivity index (χ4v) is 2.79. The molecule has 0 saturated carbocycles. The molecule has 0 spiro atoms. The lowest BCUT2D eigenvalue weighted by molar-refractivity contribution is -0.121. The number of hydrogen-bond donors (Lipinski definition) is 1. The van der Waals surface area contributed by atoms with Gasteiger partial charge in [-0.1, -0.05) is 35.5 Å². The van der Waals surface area contributed by atoms with Gasteiger partial charge in [-0.3, -0.25) is 4.79 Å². The van der Waals surface area contributed by atoms with Crippen LogP contribution in [0.4, 0.5) is 0 Å². The first-order valence-electron chi connectivity index (χ1n) is 9.08. The van der Waals surface area contributed by atoms with E-state index in [1.165, 1.54) is 0 Å². The van der Waals surface area contributed by atoms with Crippen molar-refractivity contribution < 1.29 is 23.5 Å². The predicted octanol–water partition coefficient (Wildman–Crippen LogP) is 3.01. The highest BCUT2D eigenvalue weighted by atomic mass is 16.5. The summed E-state index contributed by atoms with van der Waals surface area (Å²) < 4.78 is 21.2. The molecule has 152 valence electrons. The minimum Gasteiger partial charge on any atom is -0.496 e. The molecular formula is C21H23N3O5. The summed E-state index contributed by atoms with van der Waals surface area (Å²) >= 11 is 0. The van der Waals surface area contributed by atoms with Crippen LogP contribution in [0.25, 0.3) is 11.4 Å². The number of hydrogen-bond acceptors (Lipinski definition) is 7. The monoisotopic (exact) mass is 397 g/mol. The molecule has 0 radical (unpaired) electrons. The minimum absolute atomic E-state index is 0.138. The van der Waals surface area contributed by atoms with E-state index in [1.54, 1.807) is 33.5 Å². The average Bonchev–Trinajstić information content (AvgIpc) is 3.25. The van der Waals surface area contributed by atoms with E-state index in [0.29, 0.717) is 41.9 Å². The molecular weight excluding hydrogens is 374 g/mol. The molecule has 0 bridgehead atoms. The quantitative estimate of drug-likeness (QED) is 0.593. The number of aryl methyl sites for hydroxylation is 1. The highest BCUT2D eigenvalue weighted by Crippen LogP contribution is 2.34. The largest absolute Gasteiger partial charge is 0.496 e. The number of benzene rings is 2. The summed E-state index contributed by atoms with van der Waals surface area (Å²) in [6.45, 7) is 0.293. The van der Waals surface area contributed by atoms with Gasteiger partial charge in [-0.2, -0.15) is 4.98 Å². The molecule has 1 amide bonds. The average molecular weight is 397 g/mol. The fourth-order valence-electron chi connectivity index (χ4n) is 2.79. The maximum atomic E-state index is 12.2. The van der Waals surface area contributed by atoms with Crippen LogP contribution in [-0.4, -0.2) is 37.4 Å². The van der Waals surface area contributed by atoms with E-state index in [-0.39, 0.29) is 12.3 Å². The zero-order chi connectivity index (χ0) is 20.6. The summed E-state index contributed by atoms with van der Waals surface area (Å²) in [7, 11) is 4.67. The molecule has 2 aromatic carbocycles. The summed E-state index contributed by atoms with van der Waals surface area (Å²) in [6.07, 6.45) is 0.584. The van der Waals surface area contributed by atoms with Gasteiger partial charge >= 0.3 is 0 Å². The number of amides is 1. The van der Waals surface area contributed by atoms with E-state index < -0.39 is 0 Å². The Kier molecular flexibility index (Phi) is 6.67. The maximum Gasteiger partial charge on any atom is 0.227 e. The second kappa shape index (κ2) is 9.59. The second-order valence-electron chi connectivity index (χ2n) is 6.17. The molecule has 1 heterocycles. The van der Waals surface area contributed by atoms with Gasteiger partial charge in [-0.05, 0) is 6.07 Å². The predicted molar refractivity (Wildman–Crippen MR) is 106 cm³/mol. The summed E-state index contributed by atoms with van der Waals surface area (Å²) in [4.78, 5) is 16.6. The van der Waals surface area contributed by atoms with Gasteiger partial charge in [0.25, 0.3) is 0 Å². The van der Waals surface area contributed by atoms with E-state index in [2.05, 4.69) is 15.5 Å². The first-order chi connectivity index (χ1) is 14.1. The lowest BCUT2D eigenvalue weighted by atomic mass is 10.1. The molecule has 0 unspecified atom stereocenters. The van der Waals surface area contributed by atoms with Crippen LogP contribution in [0.5, 0.6) is 17.2 Å². The van der Waals surface area contributed by atoms with Gasteiger partial charge in [-0.25, -0.2) is 0 Å². The topological polar surface area (TPSA) is 95.7 Å². The Morgan fingerprint density at radius 3 is 2.38 bits per heavy atom. The molecule has 1 N–H and O–H groups in total. The minimum atomic E-state index is -0.138. The molecule has 8 heteroatoms. The molecule has 0 aliphatic carbocycles. The Hall–Kier alpha value is -3.55. The van der Waals surface area contributed by atoms with E-state index >= 15 is 0 Å². The van der Waals surface area contributed by atoms with Crippen molar-refractivity contribution in [1.29, 1.82) is 0 Å². The summed E-state index contributed by atoms with van der Waals surface area (Å²) in [6, 6.07) is 13.0. The van der Waals surface area contributed by atoms with Gasteiger partial charge in [0.15, 0.2) is 11.5 Å². The first kappa shape index (κ1) is 20.2. The third-order valence-corrected chi connectivity index (χ3v) is 4.33. The van der Waals surface area contributed by atoms with Crippen LogP contribution in [0.3, 0.4) is 0 Å². The number of nitrogens with one attached hydrogen (secondary N) is 1. The molecule has 1 aromatic heterocycles. The van der Waals surface area contributed by atoms with E-state index in [1.807, 2.05) is 30.3 Å². The highest BCUT2D eigenvalue weighted by Gasteiger charge is 2.14. The summed E-state index contributed by atoms with van der Waals surface area (Å²) in [5.74, 6) is 2.52. The van der Waals surface area contributed by atoms with Crippen LogP contribution in [-0.2, 0) is 17.8 Å². The number of rotatable bonds is 9. The van der Waals surface area contributed by atoms with Gasteiger partial charge in [0.2, 0.25) is 17.6 Å². The zero-order valence-corrected chi connectivity index (χ0v) is 16.6. The molecule has 8 nitrogen and oxygen atoms in total. The number of carbonyl (C=O) groups excluding carboxylic acids is 1. The second-order valence-corrected chi connectivity index (χ2v) is 6.17. The summed E-state index contributed by atoms with van der Waals surface area (Å²) in [5, 5.41) is 6.82. The van der Waals surface area contributed by atoms with Crippen LogP contribution >= 0.6 is 0 Å². The molecule has 0 aliphatic rings. The van der Waals surface area contributed by atoms with Crippen molar-refractivity contribution in [2.24, 2.45) is 0 Å². The Morgan fingerprint density at radius 2 is 1.69 bits per heavy atom. The van der Waals surface area contributed by atoms with Gasteiger partial charge < -0.3 is 24.1 Å². The zero-order valence-electron chi connectivity index (χ0n) is 16.6. The lowest BCUT2D eigenvalue weighted by Crippen LogP contribution is -2.23. The van der Waals surface area contributed by atoms with Crippen molar-refractivity contribution in [1.82, 2.24) is 15.5 Å². The van der Waals surface area contributed by atoms with Gasteiger partial charge in [-0.15, -0.1) is 0 Å². The molecule has 0 aliphatic heterocycles. The molecule has 3 aromatic rings. The SMILES string of the molecule is COc1cc(OC)c(OC)cc1CNC(=O)CCc1nc(-c2ccccc2)no1. The third-order valence-electron chi connectivity index (χ3n) is 4.33. The Bertz CT molecular complexity index is 956. The van der Waals surface area contributed by atoms with Crippen molar-refractivity contribution >= 4 is 5.91 Å². The molecule has 0 fully saturated rings. The lowest BCUT2D eigenvalue weighted by Gasteiger charge is -2.14. The maximum absolute atomic E-state index is 12.2. The Balaban J connectivity index is 1.56. The van der Waals surface area contributed by atoms with E-state index in [0.717, 1.165) is 11.1 Å². The van der Waals surface area contributed by atoms with Crippen molar-refractivity contribution in [3.8, 4) is 28.6 Å². The van der Waals surface area contributed by atoms with Crippen LogP contribution in [0, 0.1) is 0 Å². The normalized spacial score (nSPS) is 10.4. The van der Waals surface area contributed by atoms with Crippen molar-refractivity contribution in [3.63, 3.8) is 0 Å². The van der Waals surface area contributed by atoms with Crippen LogP contribution in [0.15, 0.2) is 47.0 Å². The van der Waals surface area contributed by atoms with E-state index in [4.69, 9.17) is 18.7 Å². The van der Waals surface area contributed by atoms with Crippen molar-refractivity contribution in [3.05, 3.63) is 53.9 Å². The molecule has 29 heavy (non-hydrogen) atoms. The fraction of sp³-hybridized carbons (Fsp3) is 0.286. The molecule has 3 rings (SSSR count). The highest BCUT2D eigenvalue weighted by molar-refractivity contribution is 5.76. The van der Waals surface area contributed by atoms with E-state index in [9.17, 15) is 4.79 Å². The number of carbonyl (C=O) groups is 1. The Labute approximate surface area is 168 Å². The summed E-state index contributed by atoms with van der Waals surface area (Å²) in [5.41, 5.74) is 1.65. The first-order valence-corrected chi connectivity index (χ1v) is 9.08.